The quantitative estimate of drug-likeness (QED) is 0.746. The summed E-state index contributed by atoms with van der Waals surface area (Å²) in [5.41, 5.74) is 0.777. The highest BCUT2D eigenvalue weighted by Gasteiger charge is 2.12. The molecule has 0 saturated carbocycles. The number of carboxylic acids is 1. The van der Waals surface area contributed by atoms with Crippen LogP contribution in [-0.2, 0) is 0 Å². The van der Waals surface area contributed by atoms with E-state index in [1.54, 1.807) is 0 Å². The van der Waals surface area contributed by atoms with E-state index in [4.69, 9.17) is 5.11 Å². The zero-order valence-electron chi connectivity index (χ0n) is 8.89. The van der Waals surface area contributed by atoms with Crippen molar-refractivity contribution >= 4 is 56.0 Å². The number of rotatable bonds is 3. The fourth-order valence-electron chi connectivity index (χ4n) is 1.30. The van der Waals surface area contributed by atoms with E-state index in [9.17, 15) is 4.79 Å². The SMILES string of the molecule is O=C(O)c1cncnc1Nc1ccc(I)cc1Br. The largest absolute Gasteiger partial charge is 0.477 e. The molecule has 0 aliphatic heterocycles. The molecule has 2 aromatic rings. The van der Waals surface area contributed by atoms with E-state index in [-0.39, 0.29) is 11.4 Å². The topological polar surface area (TPSA) is 75.1 Å². The van der Waals surface area contributed by atoms with Gasteiger partial charge in [-0.15, -0.1) is 0 Å². The number of halogens is 2. The van der Waals surface area contributed by atoms with Crippen LogP contribution in [0.15, 0.2) is 35.2 Å². The molecule has 0 bridgehead atoms. The summed E-state index contributed by atoms with van der Waals surface area (Å²) in [4.78, 5) is 18.7. The number of anilines is 2. The Morgan fingerprint density at radius 1 is 1.44 bits per heavy atom. The minimum atomic E-state index is -1.07. The predicted molar refractivity (Wildman–Crippen MR) is 79.1 cm³/mol. The van der Waals surface area contributed by atoms with Crippen LogP contribution in [0.25, 0.3) is 0 Å². The van der Waals surface area contributed by atoms with E-state index in [2.05, 4.69) is 53.8 Å². The highest BCUT2D eigenvalue weighted by Crippen LogP contribution is 2.27. The Labute approximate surface area is 125 Å². The van der Waals surface area contributed by atoms with Crippen LogP contribution < -0.4 is 5.32 Å². The summed E-state index contributed by atoms with van der Waals surface area (Å²) in [5.74, 6) is -0.806. The molecule has 0 amide bonds. The summed E-state index contributed by atoms with van der Waals surface area (Å²) < 4.78 is 1.91. The lowest BCUT2D eigenvalue weighted by molar-refractivity contribution is 0.0697. The Bertz CT molecular complexity index is 607. The molecule has 92 valence electrons. The summed E-state index contributed by atoms with van der Waals surface area (Å²) in [6.07, 6.45) is 2.56. The Balaban J connectivity index is 2.37. The molecule has 0 saturated heterocycles. The Morgan fingerprint density at radius 2 is 2.22 bits per heavy atom. The van der Waals surface area contributed by atoms with Gasteiger partial charge in [-0.2, -0.15) is 0 Å². The van der Waals surface area contributed by atoms with Gasteiger partial charge in [-0.1, -0.05) is 0 Å². The van der Waals surface area contributed by atoms with Gasteiger partial charge in [-0.25, -0.2) is 14.8 Å². The smallest absolute Gasteiger partial charge is 0.341 e. The zero-order chi connectivity index (χ0) is 13.1. The molecule has 0 unspecified atom stereocenters. The van der Waals surface area contributed by atoms with Crippen LogP contribution in [0.5, 0.6) is 0 Å². The molecule has 0 atom stereocenters. The van der Waals surface area contributed by atoms with E-state index in [0.29, 0.717) is 0 Å². The van der Waals surface area contributed by atoms with Gasteiger partial charge in [0.25, 0.3) is 0 Å². The summed E-state index contributed by atoms with van der Waals surface area (Å²) in [6.45, 7) is 0. The molecule has 1 aromatic carbocycles. The first-order valence-electron chi connectivity index (χ1n) is 4.83. The zero-order valence-corrected chi connectivity index (χ0v) is 12.6. The van der Waals surface area contributed by atoms with Crippen LogP contribution in [0.3, 0.4) is 0 Å². The van der Waals surface area contributed by atoms with Crippen LogP contribution in [0, 0.1) is 3.57 Å². The number of aromatic carboxylic acids is 1. The van der Waals surface area contributed by atoms with E-state index in [1.807, 2.05) is 18.2 Å². The molecule has 2 N–H and O–H groups in total. The second kappa shape index (κ2) is 5.61. The maximum atomic E-state index is 11.0. The van der Waals surface area contributed by atoms with Crippen molar-refractivity contribution in [3.8, 4) is 0 Å². The fourth-order valence-corrected chi connectivity index (χ4v) is 2.70. The maximum Gasteiger partial charge on any atom is 0.341 e. The fraction of sp³-hybridized carbons (Fsp3) is 0. The number of nitrogens with zero attached hydrogens (tertiary/aromatic N) is 2. The molecule has 1 aromatic heterocycles. The Hall–Kier alpha value is -1.22. The maximum absolute atomic E-state index is 11.0. The van der Waals surface area contributed by atoms with Gasteiger partial charge in [0.2, 0.25) is 0 Å². The Morgan fingerprint density at radius 3 is 2.89 bits per heavy atom. The third kappa shape index (κ3) is 2.96. The van der Waals surface area contributed by atoms with Crippen molar-refractivity contribution in [2.75, 3.05) is 5.32 Å². The van der Waals surface area contributed by atoms with Crippen molar-refractivity contribution in [2.24, 2.45) is 0 Å². The first-order valence-corrected chi connectivity index (χ1v) is 6.70. The highest BCUT2D eigenvalue weighted by atomic mass is 127. The summed E-state index contributed by atoms with van der Waals surface area (Å²) in [5, 5.41) is 12.0. The number of carboxylic acid groups (broad SMARTS) is 1. The average molecular weight is 420 g/mol. The van der Waals surface area contributed by atoms with Gasteiger partial charge in [0.1, 0.15) is 17.7 Å². The molecule has 7 heteroatoms. The monoisotopic (exact) mass is 419 g/mol. The highest BCUT2D eigenvalue weighted by molar-refractivity contribution is 14.1. The first kappa shape index (κ1) is 13.2. The molecule has 2 rings (SSSR count). The molecular formula is C11H7BrIN3O2. The van der Waals surface area contributed by atoms with Crippen LogP contribution in [0.4, 0.5) is 11.5 Å². The van der Waals surface area contributed by atoms with Crippen LogP contribution in [0.2, 0.25) is 0 Å². The van der Waals surface area contributed by atoms with Crippen LogP contribution in [-0.4, -0.2) is 21.0 Å². The van der Waals surface area contributed by atoms with Crippen molar-refractivity contribution in [1.29, 1.82) is 0 Å². The Kier molecular flexibility index (Phi) is 4.12. The van der Waals surface area contributed by atoms with Gasteiger partial charge >= 0.3 is 5.97 Å². The van der Waals surface area contributed by atoms with E-state index in [1.165, 1.54) is 12.5 Å². The summed E-state index contributed by atoms with van der Waals surface area (Å²) >= 11 is 5.60. The number of hydrogen-bond acceptors (Lipinski definition) is 4. The van der Waals surface area contributed by atoms with E-state index >= 15 is 0 Å². The second-order valence-electron chi connectivity index (χ2n) is 3.34. The van der Waals surface area contributed by atoms with Gasteiger partial charge in [0, 0.05) is 14.2 Å². The third-order valence-electron chi connectivity index (χ3n) is 2.13. The van der Waals surface area contributed by atoms with Gasteiger partial charge in [0.05, 0.1) is 5.69 Å². The minimum Gasteiger partial charge on any atom is -0.477 e. The predicted octanol–water partition coefficient (Wildman–Crippen LogP) is 3.29. The molecule has 1 heterocycles. The van der Waals surface area contributed by atoms with Crippen molar-refractivity contribution in [3.05, 3.63) is 44.3 Å². The number of aromatic nitrogens is 2. The molecule has 0 aliphatic carbocycles. The number of carbonyl (C=O) groups is 1. The second-order valence-corrected chi connectivity index (χ2v) is 5.44. The lowest BCUT2D eigenvalue weighted by Crippen LogP contribution is -2.05. The summed E-state index contributed by atoms with van der Waals surface area (Å²) in [7, 11) is 0. The third-order valence-corrected chi connectivity index (χ3v) is 3.45. The lowest BCUT2D eigenvalue weighted by atomic mass is 10.3. The van der Waals surface area contributed by atoms with Crippen molar-refractivity contribution < 1.29 is 9.90 Å². The minimum absolute atomic E-state index is 0.0305. The molecule has 0 fully saturated rings. The van der Waals surface area contributed by atoms with Crippen LogP contribution in [0.1, 0.15) is 10.4 Å². The molecule has 0 spiro atoms. The van der Waals surface area contributed by atoms with Gasteiger partial charge in [0.15, 0.2) is 0 Å². The van der Waals surface area contributed by atoms with Crippen LogP contribution >= 0.6 is 38.5 Å². The molecule has 5 nitrogen and oxygen atoms in total. The number of benzene rings is 1. The lowest BCUT2D eigenvalue weighted by Gasteiger charge is -2.09. The first-order chi connectivity index (χ1) is 8.58. The average Bonchev–Trinajstić information content (AvgIpc) is 2.33. The molecular weight excluding hydrogens is 413 g/mol. The van der Waals surface area contributed by atoms with E-state index in [0.717, 1.165) is 13.7 Å². The standard InChI is InChI=1S/C11H7BrIN3O2/c12-8-3-6(13)1-2-9(8)16-10-7(11(17)18)4-14-5-15-10/h1-5H,(H,17,18)(H,14,15,16). The molecule has 0 radical (unpaired) electrons. The van der Waals surface area contributed by atoms with Crippen molar-refractivity contribution in [3.63, 3.8) is 0 Å². The van der Waals surface area contributed by atoms with Gasteiger partial charge < -0.3 is 10.4 Å². The van der Waals surface area contributed by atoms with Gasteiger partial charge in [-0.3, -0.25) is 0 Å². The summed E-state index contributed by atoms with van der Waals surface area (Å²) in [6, 6.07) is 5.68. The number of hydrogen-bond donors (Lipinski definition) is 2. The van der Waals surface area contributed by atoms with E-state index < -0.39 is 5.97 Å². The molecule has 0 aliphatic rings. The van der Waals surface area contributed by atoms with Crippen molar-refractivity contribution in [1.82, 2.24) is 9.97 Å². The number of nitrogens with one attached hydrogen (secondary N) is 1. The van der Waals surface area contributed by atoms with Crippen molar-refractivity contribution in [2.45, 2.75) is 0 Å². The molecule has 18 heavy (non-hydrogen) atoms. The normalized spacial score (nSPS) is 10.1. The van der Waals surface area contributed by atoms with Gasteiger partial charge in [-0.05, 0) is 56.7 Å².